The predicted octanol–water partition coefficient (Wildman–Crippen LogP) is 34.9. The number of hydrogen-bond donors (Lipinski definition) is 0. The predicted molar refractivity (Wildman–Crippen MR) is 511 cm³/mol. The molecule has 15 aromatic rings. The van der Waals surface area contributed by atoms with Crippen molar-refractivity contribution in [1.82, 2.24) is 0 Å². The maximum atomic E-state index is 7.51. The lowest BCUT2D eigenvalue weighted by atomic mass is 9.70. The standard InChI is InChI=1S/C117H119NO2/c1-11-15-19-23-38-66-116(67-39-24-20-16-12-2)95-49-35-30-44-84(95)87-62-55-79(71-99(87)116)78-54-61-85-86-63-56-80(72-97(86)113(5,6)96(85)70-78)93-75-101-104(106-91-46-32-36-50-102(91)119-111(93)106)90-65-60-83(74-100(90)117(101,68-40-25-21-17-13-3)69-41-26-22-18-14-4)118(81-57-52-77(53-58-81)76-42-28-27-29-43-76)82-59-64-89-98(73-82)115(9,10)109-105(89)107-92-47-33-37-51-103(92)120-112(107)108-88-45-31-34-48-94(88)114(7,8)110(108)109/h27-37,42-65,70-75H,11-26,38-41,66-69H2,1-10H3. The van der Waals surface area contributed by atoms with Crippen LogP contribution in [0.25, 0.3) is 133 Å². The second kappa shape index (κ2) is 31.1. The Balaban J connectivity index is 0.733. The summed E-state index contributed by atoms with van der Waals surface area (Å²) >= 11 is 0. The maximum Gasteiger partial charge on any atom is 0.144 e. The van der Waals surface area contributed by atoms with Crippen LogP contribution in [0.5, 0.6) is 0 Å². The molecule has 0 N–H and O–H groups in total. The van der Waals surface area contributed by atoms with Crippen LogP contribution in [0.4, 0.5) is 17.1 Å². The van der Waals surface area contributed by atoms with Gasteiger partial charge in [0.15, 0.2) is 0 Å². The molecule has 20 rings (SSSR count). The number of hydrogen-bond acceptors (Lipinski definition) is 3. The molecule has 0 fully saturated rings. The van der Waals surface area contributed by atoms with Crippen molar-refractivity contribution < 1.29 is 8.83 Å². The van der Waals surface area contributed by atoms with Crippen LogP contribution in [0.1, 0.15) is 279 Å². The highest BCUT2D eigenvalue weighted by molar-refractivity contribution is 6.22. The summed E-state index contributed by atoms with van der Waals surface area (Å²) in [5.74, 6) is 0. The first-order valence-corrected chi connectivity index (χ1v) is 46.5. The fraction of sp³-hybridized carbons (Fsp3) is 0.333. The minimum atomic E-state index is -0.381. The zero-order chi connectivity index (χ0) is 81.8. The highest BCUT2D eigenvalue weighted by Crippen LogP contribution is 2.66. The summed E-state index contributed by atoms with van der Waals surface area (Å²) < 4.78 is 14.7. The van der Waals surface area contributed by atoms with Gasteiger partial charge in [-0.2, -0.15) is 0 Å². The average Bonchev–Trinajstić information content (AvgIpc) is 1.49. The largest absolute Gasteiger partial charge is 0.455 e. The molecule has 5 aliphatic rings. The monoisotopic (exact) mass is 1570 g/mol. The Morgan fingerprint density at radius 2 is 0.617 bits per heavy atom. The van der Waals surface area contributed by atoms with Crippen molar-refractivity contribution in [2.75, 3.05) is 4.90 Å². The third kappa shape index (κ3) is 12.4. The smallest absolute Gasteiger partial charge is 0.144 e. The molecule has 0 bridgehead atoms. The Morgan fingerprint density at radius 3 is 1.20 bits per heavy atom. The Bertz CT molecular complexity index is 6430. The fourth-order valence-electron chi connectivity index (χ4n) is 23.9. The van der Waals surface area contributed by atoms with E-state index >= 15 is 0 Å². The highest BCUT2D eigenvalue weighted by atomic mass is 16.3. The number of rotatable bonds is 30. The summed E-state index contributed by atoms with van der Waals surface area (Å²) in [6.07, 6.45) is 29.7. The van der Waals surface area contributed by atoms with Crippen LogP contribution in [0.2, 0.25) is 0 Å². The third-order valence-corrected chi connectivity index (χ3v) is 30.0. The summed E-state index contributed by atoms with van der Waals surface area (Å²) in [5.41, 5.74) is 41.5. The van der Waals surface area contributed by atoms with Gasteiger partial charge in [-0.25, -0.2) is 0 Å². The molecule has 120 heavy (non-hydrogen) atoms. The van der Waals surface area contributed by atoms with Crippen LogP contribution < -0.4 is 4.90 Å². The van der Waals surface area contributed by atoms with Gasteiger partial charge >= 0.3 is 0 Å². The van der Waals surface area contributed by atoms with Crippen molar-refractivity contribution in [2.24, 2.45) is 0 Å². The molecule has 0 atom stereocenters. The summed E-state index contributed by atoms with van der Waals surface area (Å²) in [5, 5.41) is 4.84. The lowest BCUT2D eigenvalue weighted by molar-refractivity contribution is 0.399. The molecule has 13 aromatic carbocycles. The Kier molecular flexibility index (Phi) is 20.1. The molecule has 604 valence electrons. The van der Waals surface area contributed by atoms with Crippen molar-refractivity contribution in [2.45, 2.75) is 250 Å². The van der Waals surface area contributed by atoms with Crippen molar-refractivity contribution in [3.63, 3.8) is 0 Å². The van der Waals surface area contributed by atoms with Gasteiger partial charge in [-0.15, -0.1) is 0 Å². The molecule has 0 aliphatic heterocycles. The molecule has 0 saturated carbocycles. The zero-order valence-corrected chi connectivity index (χ0v) is 72.9. The van der Waals surface area contributed by atoms with Gasteiger partial charge in [-0.3, -0.25) is 0 Å². The van der Waals surface area contributed by atoms with E-state index in [-0.39, 0.29) is 27.1 Å². The van der Waals surface area contributed by atoms with Crippen molar-refractivity contribution in [3.05, 3.63) is 304 Å². The Morgan fingerprint density at radius 1 is 0.242 bits per heavy atom. The lowest BCUT2D eigenvalue weighted by Crippen LogP contribution is -2.26. The Labute approximate surface area is 713 Å². The van der Waals surface area contributed by atoms with Gasteiger partial charge in [0.1, 0.15) is 22.3 Å². The summed E-state index contributed by atoms with van der Waals surface area (Å²) in [4.78, 5) is 2.61. The first-order valence-electron chi connectivity index (χ1n) is 46.5. The molecular weight excluding hydrogens is 1450 g/mol. The molecule has 3 nitrogen and oxygen atoms in total. The van der Waals surface area contributed by atoms with Gasteiger partial charge in [0.05, 0.1) is 0 Å². The van der Waals surface area contributed by atoms with Crippen molar-refractivity contribution >= 4 is 60.9 Å². The van der Waals surface area contributed by atoms with Gasteiger partial charge < -0.3 is 13.7 Å². The van der Waals surface area contributed by atoms with Crippen LogP contribution >= 0.6 is 0 Å². The van der Waals surface area contributed by atoms with Crippen molar-refractivity contribution in [3.8, 4) is 89.0 Å². The number of benzene rings is 13. The molecule has 0 amide bonds. The minimum Gasteiger partial charge on any atom is -0.455 e. The van der Waals surface area contributed by atoms with E-state index in [1.54, 1.807) is 11.1 Å². The van der Waals surface area contributed by atoms with Crippen LogP contribution in [0.3, 0.4) is 0 Å². The quantitative estimate of drug-likeness (QED) is 0.0420. The number of anilines is 3. The second-order valence-corrected chi connectivity index (χ2v) is 38.2. The topological polar surface area (TPSA) is 29.5 Å². The summed E-state index contributed by atoms with van der Waals surface area (Å²) in [6.45, 7) is 24.3. The molecule has 2 aromatic heterocycles. The van der Waals surface area contributed by atoms with Crippen LogP contribution in [-0.2, 0) is 27.1 Å². The van der Waals surface area contributed by atoms with E-state index in [4.69, 9.17) is 8.83 Å². The summed E-state index contributed by atoms with van der Waals surface area (Å²) in [6, 6.07) is 97.3. The molecule has 3 heteroatoms. The molecule has 2 heterocycles. The number of nitrogens with zero attached hydrogens (tertiary/aromatic N) is 1. The third-order valence-electron chi connectivity index (χ3n) is 30.0. The number of unbranched alkanes of at least 4 members (excludes halogenated alkanes) is 16. The van der Waals surface area contributed by atoms with E-state index in [9.17, 15) is 0 Å². The van der Waals surface area contributed by atoms with Crippen LogP contribution in [-0.4, -0.2) is 0 Å². The second-order valence-electron chi connectivity index (χ2n) is 38.2. The van der Waals surface area contributed by atoms with Crippen LogP contribution in [0.15, 0.2) is 258 Å². The van der Waals surface area contributed by atoms with Crippen LogP contribution in [0, 0.1) is 0 Å². The molecule has 0 saturated heterocycles. The summed E-state index contributed by atoms with van der Waals surface area (Å²) in [7, 11) is 0. The van der Waals surface area contributed by atoms with E-state index in [1.807, 2.05) is 0 Å². The van der Waals surface area contributed by atoms with Gasteiger partial charge in [0.25, 0.3) is 0 Å². The van der Waals surface area contributed by atoms with Gasteiger partial charge in [-0.1, -0.05) is 374 Å². The number of fused-ring (bicyclic) bond motifs is 25. The lowest BCUT2D eigenvalue weighted by Gasteiger charge is -2.35. The molecule has 0 spiro atoms. The van der Waals surface area contributed by atoms with Gasteiger partial charge in [0.2, 0.25) is 0 Å². The first kappa shape index (κ1) is 77.8. The SMILES string of the molecule is CCCCCCCC1(CCCCCCC)c2ccccc2-c2ccc(-c3ccc4c(c3)C(C)(C)c3cc(-c5cc6c(c7c5oc5ccccc57)-c5ccc(N(c7ccc(-c8ccccc8)cc7)c7ccc8c(c7)C(C)(C)c7c9c(c%10oc%11ccccc%11c%10c7-8)-c7ccccc7C9(C)C)cc5C6(CCCCCCC)CCCCCCC)ccc3-4)cc21. The average molecular weight is 1570 g/mol. The molecule has 5 aliphatic carbocycles. The maximum absolute atomic E-state index is 7.51. The minimum absolute atomic E-state index is 0.0220. The van der Waals surface area contributed by atoms with E-state index in [0.717, 1.165) is 59.4 Å². The molecular formula is C117H119NO2. The van der Waals surface area contributed by atoms with Gasteiger partial charge in [0, 0.05) is 76.8 Å². The fourth-order valence-corrected chi connectivity index (χ4v) is 23.9. The Hall–Kier alpha value is -10.7. The first-order chi connectivity index (χ1) is 58.6. The van der Waals surface area contributed by atoms with E-state index < -0.39 is 0 Å². The van der Waals surface area contributed by atoms with Crippen molar-refractivity contribution in [1.29, 1.82) is 0 Å². The number of para-hydroxylation sites is 2. The normalized spacial score (nSPS) is 15.2. The van der Waals surface area contributed by atoms with E-state index in [1.165, 1.54) is 289 Å². The molecule has 0 unspecified atom stereocenters. The van der Waals surface area contributed by atoms with Gasteiger partial charge in [-0.05, 0) is 232 Å². The van der Waals surface area contributed by atoms with E-state index in [2.05, 4.69) is 323 Å². The molecule has 0 radical (unpaired) electrons. The zero-order valence-electron chi connectivity index (χ0n) is 72.9. The van der Waals surface area contributed by atoms with E-state index in [0.29, 0.717) is 0 Å². The number of furan rings is 2. The highest BCUT2D eigenvalue weighted by Gasteiger charge is 2.51.